The molecule has 0 heterocycles. The molecule has 0 radical (unpaired) electrons. The van der Waals surface area contributed by atoms with Crippen molar-refractivity contribution in [3.8, 4) is 0 Å². The smallest absolute Gasteiger partial charge is 0.223 e. The van der Waals surface area contributed by atoms with Crippen molar-refractivity contribution in [3.63, 3.8) is 0 Å². The van der Waals surface area contributed by atoms with Gasteiger partial charge in [-0.2, -0.15) is 0 Å². The van der Waals surface area contributed by atoms with E-state index in [2.05, 4.69) is 24.4 Å². The van der Waals surface area contributed by atoms with Gasteiger partial charge in [-0.1, -0.05) is 43.7 Å². The third kappa shape index (κ3) is 3.57. The number of amides is 1. The zero-order valence-electron chi connectivity index (χ0n) is 11.6. The molecular formula is C16H24N2O. The second kappa shape index (κ2) is 6.71. The van der Waals surface area contributed by atoms with E-state index in [0.29, 0.717) is 24.9 Å². The van der Waals surface area contributed by atoms with E-state index in [1.165, 1.54) is 5.56 Å². The molecule has 2 rings (SSSR count). The Morgan fingerprint density at radius 3 is 2.79 bits per heavy atom. The molecule has 1 amide bonds. The topological polar surface area (TPSA) is 55.1 Å². The Balaban J connectivity index is 1.83. The van der Waals surface area contributed by atoms with Crippen LogP contribution in [-0.2, 0) is 4.79 Å². The minimum absolute atomic E-state index is 0.132. The molecule has 3 atom stereocenters. The predicted molar refractivity (Wildman–Crippen MR) is 77.8 cm³/mol. The van der Waals surface area contributed by atoms with Crippen LogP contribution < -0.4 is 11.1 Å². The van der Waals surface area contributed by atoms with E-state index in [-0.39, 0.29) is 11.8 Å². The molecule has 1 unspecified atom stereocenters. The van der Waals surface area contributed by atoms with Crippen molar-refractivity contribution in [2.75, 3.05) is 13.1 Å². The van der Waals surface area contributed by atoms with Gasteiger partial charge in [0.2, 0.25) is 5.91 Å². The van der Waals surface area contributed by atoms with Crippen LogP contribution >= 0.6 is 0 Å². The lowest BCUT2D eigenvalue weighted by Crippen LogP contribution is -2.36. The highest BCUT2D eigenvalue weighted by molar-refractivity contribution is 5.79. The van der Waals surface area contributed by atoms with E-state index in [1.807, 2.05) is 18.2 Å². The molecule has 1 aliphatic carbocycles. The average Bonchev–Trinajstić information content (AvgIpc) is 2.93. The maximum Gasteiger partial charge on any atom is 0.223 e. The van der Waals surface area contributed by atoms with Crippen LogP contribution in [0.4, 0.5) is 0 Å². The van der Waals surface area contributed by atoms with Crippen molar-refractivity contribution >= 4 is 5.91 Å². The molecule has 19 heavy (non-hydrogen) atoms. The van der Waals surface area contributed by atoms with Crippen molar-refractivity contribution in [1.82, 2.24) is 5.32 Å². The van der Waals surface area contributed by atoms with Crippen LogP contribution in [0.3, 0.4) is 0 Å². The van der Waals surface area contributed by atoms with Crippen LogP contribution in [0.25, 0.3) is 0 Å². The highest BCUT2D eigenvalue weighted by atomic mass is 16.1. The number of nitrogens with two attached hydrogens (primary N) is 1. The maximum atomic E-state index is 12.2. The molecule has 0 spiro atoms. The number of benzene rings is 1. The first kappa shape index (κ1) is 14.1. The largest absolute Gasteiger partial charge is 0.355 e. The van der Waals surface area contributed by atoms with Gasteiger partial charge < -0.3 is 11.1 Å². The van der Waals surface area contributed by atoms with Gasteiger partial charge in [-0.25, -0.2) is 0 Å². The standard InChI is InChI=1S/C16H24N2O/c1-12(13-6-3-2-4-7-13)11-18-16(19)15-9-5-8-14(15)10-17/h2-4,6-7,12,14-15H,5,8-11,17H2,1H3,(H,18,19)/t12?,14-,15-/m1/s1. The summed E-state index contributed by atoms with van der Waals surface area (Å²) in [6.45, 7) is 3.48. The van der Waals surface area contributed by atoms with Gasteiger partial charge >= 0.3 is 0 Å². The lowest BCUT2D eigenvalue weighted by atomic mass is 9.95. The van der Waals surface area contributed by atoms with Gasteiger partial charge in [-0.15, -0.1) is 0 Å². The van der Waals surface area contributed by atoms with Crippen molar-refractivity contribution < 1.29 is 4.79 Å². The normalized spacial score (nSPS) is 24.1. The van der Waals surface area contributed by atoms with Crippen LogP contribution in [0.2, 0.25) is 0 Å². The fourth-order valence-corrected chi connectivity index (χ4v) is 2.95. The maximum absolute atomic E-state index is 12.2. The van der Waals surface area contributed by atoms with Crippen LogP contribution in [-0.4, -0.2) is 19.0 Å². The summed E-state index contributed by atoms with van der Waals surface area (Å²) in [4.78, 5) is 12.2. The summed E-state index contributed by atoms with van der Waals surface area (Å²) in [5.74, 6) is 1.05. The number of hydrogen-bond donors (Lipinski definition) is 2. The molecule has 1 saturated carbocycles. The molecule has 1 aromatic rings. The van der Waals surface area contributed by atoms with Gasteiger partial charge in [0, 0.05) is 12.5 Å². The summed E-state index contributed by atoms with van der Waals surface area (Å²) in [6.07, 6.45) is 3.23. The van der Waals surface area contributed by atoms with E-state index >= 15 is 0 Å². The summed E-state index contributed by atoms with van der Waals surface area (Å²) >= 11 is 0. The van der Waals surface area contributed by atoms with Gasteiger partial charge in [-0.3, -0.25) is 4.79 Å². The molecule has 0 bridgehead atoms. The SMILES string of the molecule is CC(CNC(=O)[C@@H]1CCC[C@@H]1CN)c1ccccc1. The highest BCUT2D eigenvalue weighted by Crippen LogP contribution is 2.31. The first-order valence-corrected chi connectivity index (χ1v) is 7.25. The fraction of sp³-hybridized carbons (Fsp3) is 0.562. The second-order valence-electron chi connectivity index (χ2n) is 5.59. The number of carbonyl (C=O) groups excluding carboxylic acids is 1. The molecule has 0 saturated heterocycles. The first-order chi connectivity index (χ1) is 9.22. The van der Waals surface area contributed by atoms with Gasteiger partial charge in [0.25, 0.3) is 0 Å². The predicted octanol–water partition coefficient (Wildman–Crippen LogP) is 2.28. The zero-order chi connectivity index (χ0) is 13.7. The minimum atomic E-state index is 0.132. The van der Waals surface area contributed by atoms with Crippen LogP contribution in [0.5, 0.6) is 0 Å². The van der Waals surface area contributed by atoms with Crippen LogP contribution in [0, 0.1) is 11.8 Å². The molecule has 3 heteroatoms. The van der Waals surface area contributed by atoms with Crippen molar-refractivity contribution in [3.05, 3.63) is 35.9 Å². The summed E-state index contributed by atoms with van der Waals surface area (Å²) in [6, 6.07) is 10.3. The molecule has 1 aliphatic rings. The average molecular weight is 260 g/mol. The van der Waals surface area contributed by atoms with Gasteiger partial charge in [0.05, 0.1) is 0 Å². The molecule has 0 aliphatic heterocycles. The number of rotatable bonds is 5. The molecule has 0 aromatic heterocycles. The lowest BCUT2D eigenvalue weighted by Gasteiger charge is -2.19. The number of nitrogens with one attached hydrogen (secondary N) is 1. The van der Waals surface area contributed by atoms with E-state index < -0.39 is 0 Å². The molecular weight excluding hydrogens is 236 g/mol. The Labute approximate surface area is 115 Å². The Hall–Kier alpha value is -1.35. The molecule has 104 valence electrons. The number of hydrogen-bond acceptors (Lipinski definition) is 2. The van der Waals surface area contributed by atoms with Gasteiger partial charge in [-0.05, 0) is 36.8 Å². The second-order valence-corrected chi connectivity index (χ2v) is 5.59. The van der Waals surface area contributed by atoms with Gasteiger partial charge in [0.15, 0.2) is 0 Å². The summed E-state index contributed by atoms with van der Waals surface area (Å²) in [7, 11) is 0. The Morgan fingerprint density at radius 1 is 1.37 bits per heavy atom. The summed E-state index contributed by atoms with van der Waals surface area (Å²) in [5, 5.41) is 3.09. The monoisotopic (exact) mass is 260 g/mol. The number of carbonyl (C=O) groups is 1. The van der Waals surface area contributed by atoms with Crippen molar-refractivity contribution in [2.24, 2.45) is 17.6 Å². The first-order valence-electron chi connectivity index (χ1n) is 7.25. The van der Waals surface area contributed by atoms with Crippen molar-refractivity contribution in [2.45, 2.75) is 32.1 Å². The van der Waals surface area contributed by atoms with Crippen molar-refractivity contribution in [1.29, 1.82) is 0 Å². The Bertz CT molecular complexity index is 404. The molecule has 1 aromatic carbocycles. The Kier molecular flexibility index (Phi) is 4.97. The minimum Gasteiger partial charge on any atom is -0.355 e. The zero-order valence-corrected chi connectivity index (χ0v) is 11.6. The van der Waals surface area contributed by atoms with E-state index in [1.54, 1.807) is 0 Å². The summed E-state index contributed by atoms with van der Waals surface area (Å²) < 4.78 is 0. The van der Waals surface area contributed by atoms with E-state index in [0.717, 1.165) is 19.3 Å². The summed E-state index contributed by atoms with van der Waals surface area (Å²) in [5.41, 5.74) is 7.00. The van der Waals surface area contributed by atoms with Gasteiger partial charge in [0.1, 0.15) is 0 Å². The van der Waals surface area contributed by atoms with E-state index in [9.17, 15) is 4.79 Å². The quantitative estimate of drug-likeness (QED) is 0.853. The van der Waals surface area contributed by atoms with Crippen LogP contribution in [0.1, 0.15) is 37.7 Å². The molecule has 3 nitrogen and oxygen atoms in total. The third-order valence-electron chi connectivity index (χ3n) is 4.25. The fourth-order valence-electron chi connectivity index (χ4n) is 2.95. The molecule has 1 fully saturated rings. The van der Waals surface area contributed by atoms with Crippen LogP contribution in [0.15, 0.2) is 30.3 Å². The molecule has 3 N–H and O–H groups in total. The van der Waals surface area contributed by atoms with E-state index in [4.69, 9.17) is 5.73 Å². The third-order valence-corrected chi connectivity index (χ3v) is 4.25. The Morgan fingerprint density at radius 2 is 2.11 bits per heavy atom. The lowest BCUT2D eigenvalue weighted by molar-refractivity contribution is -0.126. The highest BCUT2D eigenvalue weighted by Gasteiger charge is 2.31.